The number of aromatic nitrogens is 2. The Hall–Kier alpha value is -4.25. The van der Waals surface area contributed by atoms with Gasteiger partial charge in [0.15, 0.2) is 5.96 Å². The summed E-state index contributed by atoms with van der Waals surface area (Å²) in [6, 6.07) is -5.12. The second-order valence-corrected chi connectivity index (χ2v) is 8.74. The van der Waals surface area contributed by atoms with Crippen LogP contribution < -0.4 is 38.9 Å². The van der Waals surface area contributed by atoms with Gasteiger partial charge in [-0.25, -0.2) is 9.78 Å². The summed E-state index contributed by atoms with van der Waals surface area (Å²) in [6.07, 6.45) is 3.49. The maximum absolute atomic E-state index is 13.2. The molecule has 1 aromatic heterocycles. The number of H-pyrrole nitrogens is 1. The van der Waals surface area contributed by atoms with Crippen molar-refractivity contribution in [3.8, 4) is 0 Å². The smallest absolute Gasteiger partial charge is 0.326 e. The van der Waals surface area contributed by atoms with Crippen LogP contribution in [0.15, 0.2) is 17.5 Å². The van der Waals surface area contributed by atoms with Gasteiger partial charge < -0.3 is 54.1 Å². The van der Waals surface area contributed by atoms with E-state index >= 15 is 0 Å². The molecule has 4 unspecified atom stereocenters. The van der Waals surface area contributed by atoms with Crippen molar-refractivity contribution in [1.29, 1.82) is 0 Å². The zero-order valence-corrected chi connectivity index (χ0v) is 21.5. The second-order valence-electron chi connectivity index (χ2n) is 8.74. The zero-order chi connectivity index (χ0) is 29.4. The van der Waals surface area contributed by atoms with E-state index in [-0.39, 0.29) is 38.2 Å². The fourth-order valence-corrected chi connectivity index (χ4v) is 3.45. The first-order valence-electron chi connectivity index (χ1n) is 12.3. The molecule has 39 heavy (non-hydrogen) atoms. The quantitative estimate of drug-likeness (QED) is 0.0452. The van der Waals surface area contributed by atoms with Gasteiger partial charge in [-0.15, -0.1) is 0 Å². The lowest BCUT2D eigenvalue weighted by molar-refractivity contribution is -0.142. The normalized spacial score (nSPS) is 13.8. The number of rotatable bonds is 19. The molecule has 4 atom stereocenters. The van der Waals surface area contributed by atoms with Crippen molar-refractivity contribution in [2.75, 3.05) is 13.1 Å². The molecule has 0 saturated heterocycles. The summed E-state index contributed by atoms with van der Waals surface area (Å²) in [5.41, 5.74) is 22.2. The number of unbranched alkanes of at least 4 members (excludes halogenated alkanes) is 1. The fraction of sp³-hybridized carbons (Fsp3) is 0.591. The lowest BCUT2D eigenvalue weighted by Gasteiger charge is -2.25. The predicted molar refractivity (Wildman–Crippen MR) is 139 cm³/mol. The van der Waals surface area contributed by atoms with Crippen LogP contribution in [0.25, 0.3) is 0 Å². The van der Waals surface area contributed by atoms with Crippen molar-refractivity contribution in [3.05, 3.63) is 18.2 Å². The number of amides is 3. The molecule has 0 aliphatic carbocycles. The summed E-state index contributed by atoms with van der Waals surface area (Å²) in [4.78, 5) is 71.9. The minimum absolute atomic E-state index is 0.0172. The molecule has 0 spiro atoms. The molecule has 17 heteroatoms. The Morgan fingerprint density at radius 1 is 0.923 bits per heavy atom. The van der Waals surface area contributed by atoms with E-state index in [0.717, 1.165) is 0 Å². The Kier molecular flexibility index (Phi) is 14.5. The molecule has 0 saturated carbocycles. The number of hydrogen-bond donors (Lipinski definition) is 10. The third-order valence-electron chi connectivity index (χ3n) is 5.48. The molecule has 1 rings (SSSR count). The lowest BCUT2D eigenvalue weighted by atomic mass is 10.1. The molecule has 0 aliphatic heterocycles. The number of carbonyl (C=O) groups is 5. The van der Waals surface area contributed by atoms with Gasteiger partial charge >= 0.3 is 11.9 Å². The van der Waals surface area contributed by atoms with Crippen LogP contribution in [-0.4, -0.2) is 93.1 Å². The van der Waals surface area contributed by atoms with Crippen LogP contribution in [0.4, 0.5) is 0 Å². The Morgan fingerprint density at radius 3 is 2.10 bits per heavy atom. The van der Waals surface area contributed by atoms with Crippen LogP contribution in [0.5, 0.6) is 0 Å². The minimum Gasteiger partial charge on any atom is -0.481 e. The van der Waals surface area contributed by atoms with Gasteiger partial charge in [0, 0.05) is 24.9 Å². The molecular weight excluding hydrogens is 516 g/mol. The molecule has 0 aliphatic rings. The molecule has 218 valence electrons. The van der Waals surface area contributed by atoms with Crippen LogP contribution in [0.3, 0.4) is 0 Å². The topological polar surface area (TPSA) is 307 Å². The van der Waals surface area contributed by atoms with Crippen molar-refractivity contribution in [3.63, 3.8) is 0 Å². The highest BCUT2D eigenvalue weighted by Gasteiger charge is 2.31. The number of carboxylic acids is 2. The van der Waals surface area contributed by atoms with Crippen LogP contribution in [-0.2, 0) is 30.4 Å². The third-order valence-corrected chi connectivity index (χ3v) is 5.48. The molecule has 17 nitrogen and oxygen atoms in total. The minimum atomic E-state index is -1.43. The largest absolute Gasteiger partial charge is 0.481 e. The monoisotopic (exact) mass is 554 g/mol. The highest BCUT2D eigenvalue weighted by atomic mass is 16.4. The van der Waals surface area contributed by atoms with Gasteiger partial charge in [-0.3, -0.25) is 24.2 Å². The Labute approximate surface area is 224 Å². The van der Waals surface area contributed by atoms with Crippen molar-refractivity contribution >= 4 is 35.6 Å². The van der Waals surface area contributed by atoms with E-state index in [1.54, 1.807) is 0 Å². The van der Waals surface area contributed by atoms with Gasteiger partial charge in [-0.1, -0.05) is 0 Å². The number of hydrogen-bond acceptors (Lipinski definition) is 9. The number of nitrogens with zero attached hydrogens (tertiary/aromatic N) is 2. The molecule has 0 fully saturated rings. The number of nitrogens with two attached hydrogens (primary N) is 4. The van der Waals surface area contributed by atoms with Crippen molar-refractivity contribution in [1.82, 2.24) is 25.9 Å². The molecular formula is C22H38N10O7. The fourth-order valence-electron chi connectivity index (χ4n) is 3.45. The van der Waals surface area contributed by atoms with Gasteiger partial charge in [-0.2, -0.15) is 0 Å². The molecule has 14 N–H and O–H groups in total. The van der Waals surface area contributed by atoms with E-state index in [2.05, 4.69) is 30.9 Å². The van der Waals surface area contributed by atoms with Crippen LogP contribution >= 0.6 is 0 Å². The maximum atomic E-state index is 13.2. The van der Waals surface area contributed by atoms with Gasteiger partial charge in [-0.05, 0) is 38.6 Å². The summed E-state index contributed by atoms with van der Waals surface area (Å²) < 4.78 is 0. The third kappa shape index (κ3) is 13.2. The number of nitrogens with one attached hydrogen (secondary N) is 4. The average Bonchev–Trinajstić information content (AvgIpc) is 3.37. The molecule has 0 aromatic carbocycles. The van der Waals surface area contributed by atoms with E-state index in [4.69, 9.17) is 28.0 Å². The maximum Gasteiger partial charge on any atom is 0.326 e. The summed E-state index contributed by atoms with van der Waals surface area (Å²) >= 11 is 0. The lowest BCUT2D eigenvalue weighted by Crippen LogP contribution is -2.57. The average molecular weight is 555 g/mol. The number of aliphatic carboxylic acids is 2. The zero-order valence-electron chi connectivity index (χ0n) is 21.5. The Morgan fingerprint density at radius 2 is 1.54 bits per heavy atom. The van der Waals surface area contributed by atoms with Crippen molar-refractivity contribution < 1.29 is 34.2 Å². The molecule has 1 aromatic rings. The van der Waals surface area contributed by atoms with Crippen LogP contribution in [0.1, 0.15) is 44.2 Å². The molecule has 1 heterocycles. The van der Waals surface area contributed by atoms with E-state index < -0.39 is 60.2 Å². The van der Waals surface area contributed by atoms with Crippen molar-refractivity contribution in [2.45, 2.75) is 69.1 Å². The van der Waals surface area contributed by atoms with E-state index in [9.17, 15) is 29.1 Å². The first-order chi connectivity index (χ1) is 18.4. The van der Waals surface area contributed by atoms with E-state index in [1.165, 1.54) is 12.5 Å². The molecule has 0 bridgehead atoms. The first-order valence-corrected chi connectivity index (χ1v) is 12.3. The summed E-state index contributed by atoms with van der Waals surface area (Å²) in [5, 5.41) is 25.8. The summed E-state index contributed by atoms with van der Waals surface area (Å²) in [7, 11) is 0. The summed E-state index contributed by atoms with van der Waals surface area (Å²) in [6.45, 7) is 0.496. The molecule has 0 radical (unpaired) electrons. The Bertz CT molecular complexity index is 982. The number of aliphatic imine (C=N–C) groups is 1. The number of aromatic amines is 1. The van der Waals surface area contributed by atoms with Gasteiger partial charge in [0.2, 0.25) is 17.7 Å². The highest BCUT2D eigenvalue weighted by Crippen LogP contribution is 2.06. The molecule has 3 amide bonds. The van der Waals surface area contributed by atoms with E-state index in [0.29, 0.717) is 25.1 Å². The number of carboxylic acid groups (broad SMARTS) is 2. The van der Waals surface area contributed by atoms with Crippen LogP contribution in [0, 0.1) is 0 Å². The predicted octanol–water partition coefficient (Wildman–Crippen LogP) is -3.52. The van der Waals surface area contributed by atoms with Gasteiger partial charge in [0.25, 0.3) is 0 Å². The van der Waals surface area contributed by atoms with Gasteiger partial charge in [0.1, 0.15) is 18.1 Å². The van der Waals surface area contributed by atoms with Crippen molar-refractivity contribution in [2.24, 2.45) is 27.9 Å². The Balaban J connectivity index is 3.08. The first kappa shape index (κ1) is 32.8. The van der Waals surface area contributed by atoms with E-state index in [1.807, 2.05) is 0 Å². The van der Waals surface area contributed by atoms with Crippen LogP contribution in [0.2, 0.25) is 0 Å². The highest BCUT2D eigenvalue weighted by molar-refractivity contribution is 5.94. The number of carbonyl (C=O) groups excluding carboxylic acids is 3. The van der Waals surface area contributed by atoms with Gasteiger partial charge in [0.05, 0.1) is 18.8 Å². The number of imidazole rings is 1. The standard InChI is InChI=1S/C22H38N10O7/c23-6-2-1-4-15(21(38)39)31-20(37)16(8-12-10-27-11-29-12)32-19(36)14(5-3-7-28-22(25)26)30-18(35)13(24)9-17(33)34/h10-11,13-16H,1-9,23-24H2,(H,27,29)(H,30,35)(H,31,37)(H,32,36)(H,33,34)(H,38,39)(H4,25,26,28). The second kappa shape index (κ2) is 17.3. The summed E-state index contributed by atoms with van der Waals surface area (Å²) in [5.74, 6) is -5.16. The number of guanidine groups is 1. The SMILES string of the molecule is NCCCCC(NC(=O)C(Cc1cnc[nH]1)NC(=O)C(CCCN=C(N)N)NC(=O)C(N)CC(=O)O)C(=O)O.